The summed E-state index contributed by atoms with van der Waals surface area (Å²) in [6.07, 6.45) is 0.723. The number of piperazine rings is 1. The van der Waals surface area contributed by atoms with Gasteiger partial charge in [-0.15, -0.1) is 0 Å². The van der Waals surface area contributed by atoms with Gasteiger partial charge in [-0.05, 0) is 47.9 Å². The predicted molar refractivity (Wildman–Crippen MR) is 131 cm³/mol. The van der Waals surface area contributed by atoms with Crippen molar-refractivity contribution in [3.05, 3.63) is 95.8 Å². The second kappa shape index (κ2) is 10.3. The molecule has 1 N–H and O–H groups in total. The van der Waals surface area contributed by atoms with Gasteiger partial charge in [0.15, 0.2) is 0 Å². The molecule has 0 radical (unpaired) electrons. The Morgan fingerprint density at radius 2 is 1.74 bits per heavy atom. The fourth-order valence-electron chi connectivity index (χ4n) is 5.05. The van der Waals surface area contributed by atoms with Crippen molar-refractivity contribution >= 4 is 11.6 Å². The van der Waals surface area contributed by atoms with Crippen molar-refractivity contribution in [3.63, 3.8) is 0 Å². The van der Waals surface area contributed by atoms with E-state index in [1.165, 1.54) is 23.4 Å². The molecular weight excluding hydrogens is 429 g/mol. The summed E-state index contributed by atoms with van der Waals surface area (Å²) < 4.78 is 19.1. The van der Waals surface area contributed by atoms with Crippen molar-refractivity contribution in [2.75, 3.05) is 37.7 Å². The van der Waals surface area contributed by atoms with Gasteiger partial charge in [-0.25, -0.2) is 4.39 Å². The number of anilines is 1. The van der Waals surface area contributed by atoms with Crippen LogP contribution in [0.5, 0.6) is 5.75 Å². The molecule has 6 heteroatoms. The molecule has 0 saturated carbocycles. The van der Waals surface area contributed by atoms with Gasteiger partial charge in [0.25, 0.3) is 0 Å². The number of para-hydroxylation sites is 2. The Balaban J connectivity index is 1.26. The van der Waals surface area contributed by atoms with E-state index >= 15 is 0 Å². The summed E-state index contributed by atoms with van der Waals surface area (Å²) in [5.74, 6) is 0.517. The van der Waals surface area contributed by atoms with Gasteiger partial charge in [0.2, 0.25) is 5.91 Å². The molecule has 34 heavy (non-hydrogen) atoms. The summed E-state index contributed by atoms with van der Waals surface area (Å²) in [5, 5.41) is 3.10. The van der Waals surface area contributed by atoms with E-state index < -0.39 is 0 Å². The zero-order valence-electron chi connectivity index (χ0n) is 19.2. The van der Waals surface area contributed by atoms with Gasteiger partial charge >= 0.3 is 0 Å². The van der Waals surface area contributed by atoms with Crippen molar-refractivity contribution in [3.8, 4) is 5.75 Å². The third kappa shape index (κ3) is 5.07. The molecule has 2 unspecified atom stereocenters. The van der Waals surface area contributed by atoms with Crippen LogP contribution in [0.2, 0.25) is 0 Å². The van der Waals surface area contributed by atoms with E-state index in [-0.39, 0.29) is 23.7 Å². The molecule has 3 aromatic carbocycles. The van der Waals surface area contributed by atoms with Crippen LogP contribution in [-0.2, 0) is 17.8 Å². The lowest BCUT2D eigenvalue weighted by atomic mass is 9.83. The van der Waals surface area contributed by atoms with Crippen LogP contribution < -0.4 is 15.0 Å². The average molecular weight is 460 g/mol. The number of nitrogens with zero attached hydrogens (tertiary/aromatic N) is 2. The summed E-state index contributed by atoms with van der Waals surface area (Å²) in [6, 6.07) is 24.7. The van der Waals surface area contributed by atoms with Gasteiger partial charge in [0, 0.05) is 38.4 Å². The average Bonchev–Trinajstić information content (AvgIpc) is 2.88. The second-order valence-corrected chi connectivity index (χ2v) is 9.01. The Hall–Kier alpha value is -3.38. The van der Waals surface area contributed by atoms with E-state index in [2.05, 4.69) is 33.3 Å². The molecule has 1 fully saturated rings. The van der Waals surface area contributed by atoms with E-state index in [1.807, 2.05) is 36.4 Å². The maximum absolute atomic E-state index is 13.4. The molecule has 1 saturated heterocycles. The minimum atomic E-state index is -0.270. The molecule has 0 bridgehead atoms. The first kappa shape index (κ1) is 22.4. The number of rotatable bonds is 7. The van der Waals surface area contributed by atoms with Crippen LogP contribution in [0.4, 0.5) is 10.1 Å². The molecular formula is C28H30FN3O2. The maximum Gasteiger partial charge on any atom is 0.225 e. The molecule has 176 valence electrons. The lowest BCUT2D eigenvalue weighted by Gasteiger charge is -2.49. The van der Waals surface area contributed by atoms with Gasteiger partial charge in [0.1, 0.15) is 18.2 Å². The minimum Gasteiger partial charge on any atom is -0.492 e. The number of amides is 1. The van der Waals surface area contributed by atoms with Crippen LogP contribution in [0.1, 0.15) is 11.1 Å². The quantitative estimate of drug-likeness (QED) is 0.583. The van der Waals surface area contributed by atoms with E-state index in [1.54, 1.807) is 12.1 Å². The first-order chi connectivity index (χ1) is 16.7. The van der Waals surface area contributed by atoms with Gasteiger partial charge in [-0.1, -0.05) is 48.5 Å². The smallest absolute Gasteiger partial charge is 0.225 e. The van der Waals surface area contributed by atoms with Crippen LogP contribution in [0, 0.1) is 11.7 Å². The minimum absolute atomic E-state index is 0.0520. The summed E-state index contributed by atoms with van der Waals surface area (Å²) in [5.41, 5.74) is 3.36. The fraction of sp³-hybridized carbons (Fsp3) is 0.321. The third-order valence-electron chi connectivity index (χ3n) is 6.84. The van der Waals surface area contributed by atoms with Crippen molar-refractivity contribution in [1.29, 1.82) is 0 Å². The molecule has 2 aliphatic rings. The zero-order valence-corrected chi connectivity index (χ0v) is 19.2. The predicted octanol–water partition coefficient (Wildman–Crippen LogP) is 3.88. The molecule has 0 aliphatic carbocycles. The van der Waals surface area contributed by atoms with Crippen molar-refractivity contribution < 1.29 is 13.9 Å². The molecule has 2 aliphatic heterocycles. The summed E-state index contributed by atoms with van der Waals surface area (Å²) >= 11 is 0. The molecule has 0 spiro atoms. The van der Waals surface area contributed by atoms with Crippen LogP contribution >= 0.6 is 0 Å². The Labute approximate surface area is 200 Å². The highest BCUT2D eigenvalue weighted by molar-refractivity contribution is 5.82. The highest BCUT2D eigenvalue weighted by atomic mass is 19.1. The third-order valence-corrected chi connectivity index (χ3v) is 6.84. The number of halogens is 1. The Kier molecular flexibility index (Phi) is 6.77. The number of benzene rings is 3. The Morgan fingerprint density at radius 1 is 0.971 bits per heavy atom. The second-order valence-electron chi connectivity index (χ2n) is 9.01. The van der Waals surface area contributed by atoms with Crippen molar-refractivity contribution in [1.82, 2.24) is 10.2 Å². The van der Waals surface area contributed by atoms with Gasteiger partial charge in [-0.2, -0.15) is 0 Å². The summed E-state index contributed by atoms with van der Waals surface area (Å²) in [6.45, 7) is 4.49. The molecule has 1 amide bonds. The van der Waals surface area contributed by atoms with E-state index in [0.717, 1.165) is 43.9 Å². The van der Waals surface area contributed by atoms with Gasteiger partial charge in [0.05, 0.1) is 12.0 Å². The number of carbonyl (C=O) groups excluding carboxylic acids is 1. The number of carbonyl (C=O) groups is 1. The zero-order chi connectivity index (χ0) is 23.3. The van der Waals surface area contributed by atoms with Crippen LogP contribution in [0.25, 0.3) is 0 Å². The number of hydrogen-bond donors (Lipinski definition) is 1. The highest BCUT2D eigenvalue weighted by Crippen LogP contribution is 2.36. The largest absolute Gasteiger partial charge is 0.492 e. The topological polar surface area (TPSA) is 44.8 Å². The highest BCUT2D eigenvalue weighted by Gasteiger charge is 2.41. The molecule has 5 nitrogen and oxygen atoms in total. The lowest BCUT2D eigenvalue weighted by Crippen LogP contribution is -2.61. The molecule has 2 atom stereocenters. The SMILES string of the molecule is O=C(NCc1ccc(F)cc1)C1Cc2ccccc2N2CCN(CCOc3ccccc3)CC12. The summed E-state index contributed by atoms with van der Waals surface area (Å²) in [7, 11) is 0. The first-order valence-corrected chi connectivity index (χ1v) is 11.9. The van der Waals surface area contributed by atoms with Crippen molar-refractivity contribution in [2.24, 2.45) is 5.92 Å². The van der Waals surface area contributed by atoms with Crippen LogP contribution in [0.3, 0.4) is 0 Å². The van der Waals surface area contributed by atoms with Crippen LogP contribution in [-0.4, -0.2) is 49.6 Å². The monoisotopic (exact) mass is 459 g/mol. The number of hydrogen-bond acceptors (Lipinski definition) is 4. The molecule has 0 aromatic heterocycles. The Morgan fingerprint density at radius 3 is 2.56 bits per heavy atom. The molecule has 2 heterocycles. The standard InChI is InChI=1S/C28H30FN3O2/c29-23-12-10-21(11-13-23)19-30-28(33)25-18-22-6-4-5-9-26(22)32-15-14-31(20-27(25)32)16-17-34-24-7-2-1-3-8-24/h1-13,25,27H,14-20H2,(H,30,33). The fourth-order valence-corrected chi connectivity index (χ4v) is 5.05. The normalized spacial score (nSPS) is 19.7. The first-order valence-electron chi connectivity index (χ1n) is 11.9. The van der Waals surface area contributed by atoms with Gasteiger partial charge < -0.3 is 15.0 Å². The van der Waals surface area contributed by atoms with Crippen LogP contribution in [0.15, 0.2) is 78.9 Å². The van der Waals surface area contributed by atoms with Crippen molar-refractivity contribution in [2.45, 2.75) is 19.0 Å². The van der Waals surface area contributed by atoms with Gasteiger partial charge in [-0.3, -0.25) is 9.69 Å². The Bertz CT molecular complexity index is 1110. The van der Waals surface area contributed by atoms with E-state index in [4.69, 9.17) is 4.74 Å². The number of ether oxygens (including phenoxy) is 1. The lowest BCUT2D eigenvalue weighted by molar-refractivity contribution is -0.126. The maximum atomic E-state index is 13.4. The molecule has 3 aromatic rings. The van der Waals surface area contributed by atoms with E-state index in [0.29, 0.717) is 13.2 Å². The summed E-state index contributed by atoms with van der Waals surface area (Å²) in [4.78, 5) is 18.2. The van der Waals surface area contributed by atoms with E-state index in [9.17, 15) is 9.18 Å². The number of nitrogens with one attached hydrogen (secondary N) is 1. The molecule has 5 rings (SSSR count). The number of fused-ring (bicyclic) bond motifs is 3.